The van der Waals surface area contributed by atoms with E-state index in [1.807, 2.05) is 0 Å². The van der Waals surface area contributed by atoms with Crippen LogP contribution in [0.3, 0.4) is 0 Å². The standard InChI is InChI=1S/C19H19F2NO2/c20-14-6-8-15(9-7-14)24-13-3-12-22-18(23)19(10-11-19)16-4-1-2-5-17(16)21/h1-2,4-9H,3,10-13H2,(H,22,23). The van der Waals surface area contributed by atoms with Crippen LogP contribution in [0.2, 0.25) is 0 Å². The van der Waals surface area contributed by atoms with Crippen LogP contribution in [0, 0.1) is 11.6 Å². The molecule has 24 heavy (non-hydrogen) atoms. The van der Waals surface area contributed by atoms with Crippen LogP contribution in [0.25, 0.3) is 0 Å². The van der Waals surface area contributed by atoms with E-state index in [-0.39, 0.29) is 17.5 Å². The molecule has 3 rings (SSSR count). The number of amides is 1. The molecular formula is C19H19F2NO2. The second-order valence-electron chi connectivity index (χ2n) is 5.97. The third-order valence-corrected chi connectivity index (χ3v) is 4.26. The molecule has 5 heteroatoms. The molecule has 3 nitrogen and oxygen atoms in total. The van der Waals surface area contributed by atoms with Crippen molar-refractivity contribution in [3.63, 3.8) is 0 Å². The molecule has 126 valence electrons. The summed E-state index contributed by atoms with van der Waals surface area (Å²) in [5.41, 5.74) is -0.228. The molecule has 0 unspecified atom stereocenters. The first-order valence-electron chi connectivity index (χ1n) is 8.03. The molecule has 1 amide bonds. The topological polar surface area (TPSA) is 38.3 Å². The third kappa shape index (κ3) is 3.55. The van der Waals surface area contributed by atoms with Crippen molar-refractivity contribution in [3.05, 3.63) is 65.7 Å². The fourth-order valence-corrected chi connectivity index (χ4v) is 2.76. The molecule has 1 saturated carbocycles. The van der Waals surface area contributed by atoms with Crippen molar-refractivity contribution >= 4 is 5.91 Å². The number of rotatable bonds is 7. The van der Waals surface area contributed by atoms with Crippen molar-refractivity contribution in [1.82, 2.24) is 5.32 Å². The van der Waals surface area contributed by atoms with E-state index in [0.29, 0.717) is 43.7 Å². The predicted octanol–water partition coefficient (Wildman–Crippen LogP) is 3.58. The minimum absolute atomic E-state index is 0.130. The second kappa shape index (κ2) is 6.99. The lowest BCUT2D eigenvalue weighted by Crippen LogP contribution is -2.36. The van der Waals surface area contributed by atoms with Crippen molar-refractivity contribution in [3.8, 4) is 5.75 Å². The highest BCUT2D eigenvalue weighted by molar-refractivity contribution is 5.91. The average molecular weight is 331 g/mol. The van der Waals surface area contributed by atoms with Crippen LogP contribution in [-0.2, 0) is 10.2 Å². The van der Waals surface area contributed by atoms with E-state index < -0.39 is 5.41 Å². The summed E-state index contributed by atoms with van der Waals surface area (Å²) < 4.78 is 32.2. The molecule has 0 aromatic heterocycles. The Morgan fingerprint density at radius 2 is 1.79 bits per heavy atom. The molecule has 2 aromatic rings. The largest absolute Gasteiger partial charge is 0.494 e. The Morgan fingerprint density at radius 3 is 2.46 bits per heavy atom. The Morgan fingerprint density at radius 1 is 1.08 bits per heavy atom. The van der Waals surface area contributed by atoms with Crippen molar-refractivity contribution in [1.29, 1.82) is 0 Å². The number of benzene rings is 2. The number of halogens is 2. The summed E-state index contributed by atoms with van der Waals surface area (Å²) >= 11 is 0. The van der Waals surface area contributed by atoms with Gasteiger partial charge in [-0.25, -0.2) is 8.78 Å². The molecule has 0 heterocycles. The molecule has 0 aliphatic heterocycles. The fourth-order valence-electron chi connectivity index (χ4n) is 2.76. The van der Waals surface area contributed by atoms with Crippen LogP contribution in [0.5, 0.6) is 5.75 Å². The number of ether oxygens (including phenoxy) is 1. The Kier molecular flexibility index (Phi) is 4.79. The fraction of sp³-hybridized carbons (Fsp3) is 0.316. The van der Waals surface area contributed by atoms with Gasteiger partial charge in [-0.3, -0.25) is 4.79 Å². The smallest absolute Gasteiger partial charge is 0.230 e. The maximum Gasteiger partial charge on any atom is 0.230 e. The van der Waals surface area contributed by atoms with E-state index >= 15 is 0 Å². The summed E-state index contributed by atoms with van der Waals surface area (Å²) in [4.78, 5) is 12.4. The van der Waals surface area contributed by atoms with Crippen LogP contribution in [0.1, 0.15) is 24.8 Å². The van der Waals surface area contributed by atoms with Crippen molar-refractivity contribution in [2.24, 2.45) is 0 Å². The van der Waals surface area contributed by atoms with Gasteiger partial charge in [-0.1, -0.05) is 18.2 Å². The van der Waals surface area contributed by atoms with Crippen LogP contribution in [0.4, 0.5) is 8.78 Å². The van der Waals surface area contributed by atoms with Gasteiger partial charge in [-0.2, -0.15) is 0 Å². The zero-order chi connectivity index (χ0) is 17.0. The molecule has 0 atom stereocenters. The Labute approximate surface area is 139 Å². The molecule has 0 spiro atoms. The van der Waals surface area contributed by atoms with Gasteiger partial charge in [0.05, 0.1) is 12.0 Å². The average Bonchev–Trinajstić information content (AvgIpc) is 3.38. The van der Waals surface area contributed by atoms with Crippen molar-refractivity contribution in [2.45, 2.75) is 24.7 Å². The van der Waals surface area contributed by atoms with E-state index in [9.17, 15) is 13.6 Å². The zero-order valence-electron chi connectivity index (χ0n) is 13.2. The first-order valence-corrected chi connectivity index (χ1v) is 8.03. The minimum Gasteiger partial charge on any atom is -0.494 e. The summed E-state index contributed by atoms with van der Waals surface area (Å²) in [6, 6.07) is 12.2. The van der Waals surface area contributed by atoms with Gasteiger partial charge in [-0.15, -0.1) is 0 Å². The van der Waals surface area contributed by atoms with Gasteiger partial charge >= 0.3 is 0 Å². The highest BCUT2D eigenvalue weighted by Gasteiger charge is 2.52. The molecular weight excluding hydrogens is 312 g/mol. The summed E-state index contributed by atoms with van der Waals surface area (Å²) in [5.74, 6) is -0.176. The summed E-state index contributed by atoms with van der Waals surface area (Å²) in [7, 11) is 0. The number of hydrogen-bond donors (Lipinski definition) is 1. The normalized spacial score (nSPS) is 14.9. The lowest BCUT2D eigenvalue weighted by atomic mass is 9.94. The Balaban J connectivity index is 1.45. The quantitative estimate of drug-likeness (QED) is 0.788. The van der Waals surface area contributed by atoms with E-state index in [1.54, 1.807) is 30.3 Å². The lowest BCUT2D eigenvalue weighted by Gasteiger charge is -2.16. The SMILES string of the molecule is O=C(NCCCOc1ccc(F)cc1)C1(c2ccccc2F)CC1. The second-order valence-corrected chi connectivity index (χ2v) is 5.97. The molecule has 1 fully saturated rings. The monoisotopic (exact) mass is 331 g/mol. The van der Waals surface area contributed by atoms with Crippen LogP contribution < -0.4 is 10.1 Å². The number of carbonyl (C=O) groups is 1. The van der Waals surface area contributed by atoms with E-state index in [4.69, 9.17) is 4.74 Å². The lowest BCUT2D eigenvalue weighted by molar-refractivity contribution is -0.123. The molecule has 2 aromatic carbocycles. The molecule has 1 aliphatic carbocycles. The van der Waals surface area contributed by atoms with Crippen LogP contribution in [-0.4, -0.2) is 19.1 Å². The van der Waals surface area contributed by atoms with Gasteiger partial charge in [0.2, 0.25) is 5.91 Å². The van der Waals surface area contributed by atoms with Gasteiger partial charge in [0.15, 0.2) is 0 Å². The first-order chi connectivity index (χ1) is 11.6. The maximum absolute atomic E-state index is 13.9. The summed E-state index contributed by atoms with van der Waals surface area (Å²) in [5, 5.41) is 2.86. The van der Waals surface area contributed by atoms with Gasteiger partial charge in [0.1, 0.15) is 17.4 Å². The van der Waals surface area contributed by atoms with Gasteiger partial charge in [0, 0.05) is 12.1 Å². The molecule has 0 bridgehead atoms. The van der Waals surface area contributed by atoms with Gasteiger partial charge < -0.3 is 10.1 Å². The minimum atomic E-state index is -0.705. The van der Waals surface area contributed by atoms with E-state index in [0.717, 1.165) is 0 Å². The van der Waals surface area contributed by atoms with E-state index in [1.165, 1.54) is 18.2 Å². The van der Waals surface area contributed by atoms with Gasteiger partial charge in [-0.05, 0) is 49.6 Å². The zero-order valence-corrected chi connectivity index (χ0v) is 13.2. The van der Waals surface area contributed by atoms with Crippen molar-refractivity contribution in [2.75, 3.05) is 13.2 Å². The Hall–Kier alpha value is -2.43. The van der Waals surface area contributed by atoms with Crippen molar-refractivity contribution < 1.29 is 18.3 Å². The number of hydrogen-bond acceptors (Lipinski definition) is 2. The Bertz CT molecular complexity index is 712. The molecule has 1 N–H and O–H groups in total. The van der Waals surface area contributed by atoms with Crippen LogP contribution >= 0.6 is 0 Å². The molecule has 1 aliphatic rings. The third-order valence-electron chi connectivity index (χ3n) is 4.26. The predicted molar refractivity (Wildman–Crippen MR) is 86.8 cm³/mol. The van der Waals surface area contributed by atoms with E-state index in [2.05, 4.69) is 5.32 Å². The molecule has 0 radical (unpaired) electrons. The maximum atomic E-state index is 13.9. The summed E-state index contributed by atoms with van der Waals surface area (Å²) in [6.07, 6.45) is 1.97. The first kappa shape index (κ1) is 16.4. The van der Waals surface area contributed by atoms with Gasteiger partial charge in [0.25, 0.3) is 0 Å². The number of nitrogens with one attached hydrogen (secondary N) is 1. The summed E-state index contributed by atoms with van der Waals surface area (Å²) in [6.45, 7) is 0.870. The highest BCUT2D eigenvalue weighted by Crippen LogP contribution is 2.49. The highest BCUT2D eigenvalue weighted by atomic mass is 19.1. The molecule has 0 saturated heterocycles. The van der Waals surface area contributed by atoms with Crippen LogP contribution in [0.15, 0.2) is 48.5 Å². The number of carbonyl (C=O) groups excluding carboxylic acids is 1.